The van der Waals surface area contributed by atoms with Gasteiger partial charge in [-0.1, -0.05) is 6.07 Å². The van der Waals surface area contributed by atoms with Crippen molar-refractivity contribution >= 4 is 21.6 Å². The summed E-state index contributed by atoms with van der Waals surface area (Å²) in [5.41, 5.74) is 0.168. The highest BCUT2D eigenvalue weighted by molar-refractivity contribution is 9.10. The highest BCUT2D eigenvalue weighted by Crippen LogP contribution is 2.32. The maximum atomic E-state index is 11.4. The number of aryl methyl sites for hydroxylation is 1. The largest absolute Gasteiger partial charge is 0.430 e. The molecule has 0 aliphatic rings. The minimum Gasteiger partial charge on any atom is -0.430 e. The molecular weight excluding hydrogens is 318 g/mol. The fourth-order valence-corrected chi connectivity index (χ4v) is 1.69. The third-order valence-corrected chi connectivity index (χ3v) is 2.98. The van der Waals surface area contributed by atoms with Crippen LogP contribution in [0.5, 0.6) is 11.6 Å². The second-order valence-corrected chi connectivity index (χ2v) is 4.47. The number of aromatic amines is 1. The molecule has 0 saturated carbocycles. The van der Waals surface area contributed by atoms with Crippen molar-refractivity contribution in [3.8, 4) is 11.6 Å². The number of nitro groups is 1. The molecular formula is C11H8BrN3O4. The van der Waals surface area contributed by atoms with E-state index in [1.165, 1.54) is 12.1 Å². The summed E-state index contributed by atoms with van der Waals surface area (Å²) in [6.45, 7) is 1.77. The highest BCUT2D eigenvalue weighted by atomic mass is 79.9. The number of nitrogens with one attached hydrogen (secondary N) is 1. The fraction of sp³-hybridized carbons (Fsp3) is 0.0909. The van der Waals surface area contributed by atoms with Crippen LogP contribution in [0.2, 0.25) is 0 Å². The number of hydrogen-bond acceptors (Lipinski definition) is 5. The summed E-state index contributed by atoms with van der Waals surface area (Å²) in [5, 5.41) is 10.9. The van der Waals surface area contributed by atoms with Crippen molar-refractivity contribution in [1.29, 1.82) is 0 Å². The fourth-order valence-electron chi connectivity index (χ4n) is 1.40. The maximum absolute atomic E-state index is 11.4. The minimum absolute atomic E-state index is 0.0301. The van der Waals surface area contributed by atoms with E-state index in [4.69, 9.17) is 4.74 Å². The molecule has 0 bridgehead atoms. The number of nitrogens with zero attached hydrogens (tertiary/aromatic N) is 2. The topological polar surface area (TPSA) is 98.1 Å². The third-order valence-electron chi connectivity index (χ3n) is 2.28. The molecule has 98 valence electrons. The van der Waals surface area contributed by atoms with E-state index in [2.05, 4.69) is 25.9 Å². The van der Waals surface area contributed by atoms with Gasteiger partial charge in [0, 0.05) is 6.07 Å². The molecule has 0 aliphatic heterocycles. The van der Waals surface area contributed by atoms with E-state index in [0.717, 1.165) is 11.9 Å². The van der Waals surface area contributed by atoms with Crippen LogP contribution < -0.4 is 10.3 Å². The SMILES string of the molecule is Cc1ccc([N+](=O)[O-])c(Oc2nc[nH]c(=O)c2Br)c1. The van der Waals surface area contributed by atoms with Crippen molar-refractivity contribution in [2.24, 2.45) is 0 Å². The first-order valence-electron chi connectivity index (χ1n) is 5.15. The van der Waals surface area contributed by atoms with Gasteiger partial charge in [-0.05, 0) is 34.5 Å². The molecule has 1 aromatic heterocycles. The number of nitro benzene ring substituents is 1. The van der Waals surface area contributed by atoms with E-state index >= 15 is 0 Å². The zero-order valence-corrected chi connectivity index (χ0v) is 11.3. The number of rotatable bonds is 3. The quantitative estimate of drug-likeness (QED) is 0.690. The number of aromatic nitrogens is 2. The molecule has 8 heteroatoms. The first-order valence-corrected chi connectivity index (χ1v) is 5.94. The van der Waals surface area contributed by atoms with E-state index in [9.17, 15) is 14.9 Å². The van der Waals surface area contributed by atoms with Crippen LogP contribution in [0.3, 0.4) is 0 Å². The Morgan fingerprint density at radius 2 is 2.21 bits per heavy atom. The molecule has 1 heterocycles. The van der Waals surface area contributed by atoms with Crippen LogP contribution in [-0.4, -0.2) is 14.9 Å². The van der Waals surface area contributed by atoms with Gasteiger partial charge in [0.15, 0.2) is 0 Å². The van der Waals surface area contributed by atoms with Crippen LogP contribution >= 0.6 is 15.9 Å². The van der Waals surface area contributed by atoms with Crippen molar-refractivity contribution < 1.29 is 9.66 Å². The summed E-state index contributed by atoms with van der Waals surface area (Å²) in [4.78, 5) is 27.9. The van der Waals surface area contributed by atoms with Gasteiger partial charge in [-0.25, -0.2) is 4.98 Å². The van der Waals surface area contributed by atoms with Gasteiger partial charge in [0.2, 0.25) is 11.6 Å². The molecule has 0 unspecified atom stereocenters. The molecule has 1 N–H and O–H groups in total. The van der Waals surface area contributed by atoms with Crippen LogP contribution in [0.4, 0.5) is 5.69 Å². The molecule has 0 spiro atoms. The first kappa shape index (κ1) is 13.2. The van der Waals surface area contributed by atoms with E-state index in [-0.39, 0.29) is 21.8 Å². The predicted octanol–water partition coefficient (Wildman–Crippen LogP) is 2.54. The molecule has 0 fully saturated rings. The third kappa shape index (κ3) is 2.79. The Hall–Kier alpha value is -2.22. The number of ether oxygens (including phenoxy) is 1. The highest BCUT2D eigenvalue weighted by Gasteiger charge is 2.18. The predicted molar refractivity (Wildman–Crippen MR) is 70.5 cm³/mol. The van der Waals surface area contributed by atoms with E-state index < -0.39 is 10.5 Å². The van der Waals surface area contributed by atoms with E-state index in [0.29, 0.717) is 0 Å². The number of halogens is 1. The smallest absolute Gasteiger partial charge is 0.311 e. The Morgan fingerprint density at radius 3 is 2.89 bits per heavy atom. The molecule has 19 heavy (non-hydrogen) atoms. The number of H-pyrrole nitrogens is 1. The Morgan fingerprint density at radius 1 is 1.47 bits per heavy atom. The lowest BCUT2D eigenvalue weighted by Crippen LogP contribution is -2.08. The average Bonchev–Trinajstić information content (AvgIpc) is 2.35. The summed E-state index contributed by atoms with van der Waals surface area (Å²) in [5.74, 6) is 0.00116. The zero-order valence-electron chi connectivity index (χ0n) is 9.71. The monoisotopic (exact) mass is 325 g/mol. The molecule has 0 aliphatic carbocycles. The van der Waals surface area contributed by atoms with Crippen LogP contribution in [0.15, 0.2) is 33.8 Å². The standard InChI is InChI=1S/C11H8BrN3O4/c1-6-2-3-7(15(17)18)8(4-6)19-11-9(12)10(16)13-5-14-11/h2-5H,1H3,(H,13,14,16). The summed E-state index contributed by atoms with van der Waals surface area (Å²) in [6, 6.07) is 4.45. The second kappa shape index (κ2) is 5.19. The van der Waals surface area contributed by atoms with Crippen molar-refractivity contribution in [2.75, 3.05) is 0 Å². The maximum Gasteiger partial charge on any atom is 0.311 e. The Balaban J connectivity index is 2.48. The van der Waals surface area contributed by atoms with E-state index in [1.54, 1.807) is 13.0 Å². The van der Waals surface area contributed by atoms with Crippen LogP contribution in [0.1, 0.15) is 5.56 Å². The molecule has 0 radical (unpaired) electrons. The van der Waals surface area contributed by atoms with Crippen LogP contribution in [-0.2, 0) is 0 Å². The Bertz CT molecular complexity index is 699. The normalized spacial score (nSPS) is 10.2. The van der Waals surface area contributed by atoms with Crippen LogP contribution in [0, 0.1) is 17.0 Å². The van der Waals surface area contributed by atoms with Gasteiger partial charge in [0.25, 0.3) is 5.56 Å². The molecule has 0 saturated heterocycles. The summed E-state index contributed by atoms with van der Waals surface area (Å²) >= 11 is 3.02. The molecule has 7 nitrogen and oxygen atoms in total. The lowest BCUT2D eigenvalue weighted by Gasteiger charge is -2.06. The summed E-state index contributed by atoms with van der Waals surface area (Å²) in [6.07, 6.45) is 1.16. The lowest BCUT2D eigenvalue weighted by molar-refractivity contribution is -0.385. The molecule has 0 atom stereocenters. The molecule has 0 amide bonds. The Kier molecular flexibility index (Phi) is 3.61. The van der Waals surface area contributed by atoms with Gasteiger partial charge in [-0.15, -0.1) is 0 Å². The van der Waals surface area contributed by atoms with E-state index in [1.807, 2.05) is 0 Å². The van der Waals surface area contributed by atoms with Gasteiger partial charge in [0.05, 0.1) is 11.3 Å². The molecule has 1 aromatic carbocycles. The van der Waals surface area contributed by atoms with Gasteiger partial charge < -0.3 is 9.72 Å². The molecule has 2 rings (SSSR count). The van der Waals surface area contributed by atoms with Crippen LogP contribution in [0.25, 0.3) is 0 Å². The average molecular weight is 326 g/mol. The zero-order chi connectivity index (χ0) is 14.0. The minimum atomic E-state index is -0.560. The van der Waals surface area contributed by atoms with Crippen molar-refractivity contribution in [3.05, 3.63) is 55.0 Å². The Labute approximate surface area is 115 Å². The number of hydrogen-bond donors (Lipinski definition) is 1. The van der Waals surface area contributed by atoms with Crippen molar-refractivity contribution in [2.45, 2.75) is 6.92 Å². The van der Waals surface area contributed by atoms with Gasteiger partial charge in [0.1, 0.15) is 4.47 Å². The first-order chi connectivity index (χ1) is 8.99. The molecule has 2 aromatic rings. The summed E-state index contributed by atoms with van der Waals surface area (Å²) in [7, 11) is 0. The van der Waals surface area contributed by atoms with Gasteiger partial charge in [-0.2, -0.15) is 0 Å². The van der Waals surface area contributed by atoms with Crippen molar-refractivity contribution in [1.82, 2.24) is 9.97 Å². The van der Waals surface area contributed by atoms with Gasteiger partial charge in [-0.3, -0.25) is 14.9 Å². The summed E-state index contributed by atoms with van der Waals surface area (Å²) < 4.78 is 5.42. The van der Waals surface area contributed by atoms with Gasteiger partial charge >= 0.3 is 5.69 Å². The second-order valence-electron chi connectivity index (χ2n) is 3.68. The lowest BCUT2D eigenvalue weighted by atomic mass is 10.2. The number of benzene rings is 1. The van der Waals surface area contributed by atoms with Crippen molar-refractivity contribution in [3.63, 3.8) is 0 Å².